The highest BCUT2D eigenvalue weighted by molar-refractivity contribution is 9.10. The van der Waals surface area contributed by atoms with Crippen molar-refractivity contribution in [3.63, 3.8) is 0 Å². The molecule has 1 aromatic carbocycles. The summed E-state index contributed by atoms with van der Waals surface area (Å²) in [4.78, 5) is 15.6. The molecule has 1 heterocycles. The van der Waals surface area contributed by atoms with Crippen LogP contribution in [-0.4, -0.2) is 18.1 Å². The third kappa shape index (κ3) is 3.54. The molecule has 1 aromatic heterocycles. The zero-order valence-corrected chi connectivity index (χ0v) is 12.2. The molecule has 0 bridgehead atoms. The van der Waals surface area contributed by atoms with Gasteiger partial charge in [0.25, 0.3) is 0 Å². The highest BCUT2D eigenvalue weighted by Gasteiger charge is 2.15. The SMILES string of the molecule is COC(=O)c1nc(Br)ccc1OCc1ccc(F)cc1. The van der Waals surface area contributed by atoms with Crippen molar-refractivity contribution < 1.29 is 18.7 Å². The number of methoxy groups -OCH3 is 1. The first-order valence-corrected chi connectivity index (χ1v) is 6.51. The summed E-state index contributed by atoms with van der Waals surface area (Å²) in [6, 6.07) is 9.19. The Morgan fingerprint density at radius 1 is 1.25 bits per heavy atom. The maximum absolute atomic E-state index is 12.8. The quantitative estimate of drug-likeness (QED) is 0.633. The second-order valence-corrected chi connectivity index (χ2v) is 4.70. The van der Waals surface area contributed by atoms with Crippen LogP contribution in [0.3, 0.4) is 0 Å². The molecule has 0 aliphatic carbocycles. The van der Waals surface area contributed by atoms with Crippen LogP contribution in [0, 0.1) is 5.82 Å². The molecule has 0 saturated heterocycles. The number of ether oxygens (including phenoxy) is 2. The van der Waals surface area contributed by atoms with Crippen molar-refractivity contribution in [3.8, 4) is 5.75 Å². The van der Waals surface area contributed by atoms with Crippen LogP contribution in [0.5, 0.6) is 5.75 Å². The molecule has 0 spiro atoms. The Hall–Kier alpha value is -1.95. The highest BCUT2D eigenvalue weighted by Crippen LogP contribution is 2.21. The fourth-order valence-electron chi connectivity index (χ4n) is 1.52. The van der Waals surface area contributed by atoms with Gasteiger partial charge in [0.15, 0.2) is 11.4 Å². The Kier molecular flexibility index (Phi) is 4.68. The molecule has 0 fully saturated rings. The van der Waals surface area contributed by atoms with Crippen molar-refractivity contribution in [1.82, 2.24) is 4.98 Å². The van der Waals surface area contributed by atoms with Crippen molar-refractivity contribution in [3.05, 3.63) is 58.1 Å². The van der Waals surface area contributed by atoms with Gasteiger partial charge in [-0.25, -0.2) is 14.2 Å². The fraction of sp³-hybridized carbons (Fsp3) is 0.143. The first-order valence-electron chi connectivity index (χ1n) is 5.72. The van der Waals surface area contributed by atoms with Gasteiger partial charge in [0, 0.05) is 0 Å². The van der Waals surface area contributed by atoms with Crippen LogP contribution < -0.4 is 4.74 Å². The number of pyridine rings is 1. The van der Waals surface area contributed by atoms with E-state index in [0.717, 1.165) is 5.56 Å². The average molecular weight is 340 g/mol. The van der Waals surface area contributed by atoms with Crippen LogP contribution >= 0.6 is 15.9 Å². The van der Waals surface area contributed by atoms with Gasteiger partial charge < -0.3 is 9.47 Å². The lowest BCUT2D eigenvalue weighted by atomic mass is 10.2. The first kappa shape index (κ1) is 14.5. The average Bonchev–Trinajstić information content (AvgIpc) is 2.46. The molecule has 0 saturated carbocycles. The molecule has 0 atom stereocenters. The number of hydrogen-bond acceptors (Lipinski definition) is 4. The minimum Gasteiger partial charge on any atom is -0.486 e. The maximum atomic E-state index is 12.8. The van der Waals surface area contributed by atoms with Crippen molar-refractivity contribution in [2.75, 3.05) is 7.11 Å². The normalized spacial score (nSPS) is 10.2. The van der Waals surface area contributed by atoms with Crippen LogP contribution in [-0.2, 0) is 11.3 Å². The Morgan fingerprint density at radius 2 is 1.95 bits per heavy atom. The second kappa shape index (κ2) is 6.47. The summed E-state index contributed by atoms with van der Waals surface area (Å²) in [6.45, 7) is 0.202. The summed E-state index contributed by atoms with van der Waals surface area (Å²) < 4.78 is 23.5. The minimum atomic E-state index is -0.583. The van der Waals surface area contributed by atoms with Gasteiger partial charge in [0.1, 0.15) is 17.0 Å². The van der Waals surface area contributed by atoms with Gasteiger partial charge in [-0.1, -0.05) is 12.1 Å². The van der Waals surface area contributed by atoms with E-state index in [2.05, 4.69) is 25.7 Å². The molecule has 0 N–H and O–H groups in total. The highest BCUT2D eigenvalue weighted by atomic mass is 79.9. The number of halogens is 2. The largest absolute Gasteiger partial charge is 0.486 e. The molecule has 4 nitrogen and oxygen atoms in total. The van der Waals surface area contributed by atoms with Crippen LogP contribution in [0.15, 0.2) is 41.0 Å². The van der Waals surface area contributed by atoms with E-state index >= 15 is 0 Å². The molecule has 0 radical (unpaired) electrons. The summed E-state index contributed by atoms with van der Waals surface area (Å²) in [5.74, 6) is -0.584. The number of esters is 1. The van der Waals surface area contributed by atoms with Gasteiger partial charge in [-0.15, -0.1) is 0 Å². The number of carbonyl (C=O) groups excluding carboxylic acids is 1. The summed E-state index contributed by atoms with van der Waals surface area (Å²) in [7, 11) is 1.27. The van der Waals surface area contributed by atoms with E-state index in [4.69, 9.17) is 4.74 Å². The van der Waals surface area contributed by atoms with Gasteiger partial charge in [0.05, 0.1) is 7.11 Å². The molecular formula is C14H11BrFNO3. The molecule has 0 amide bonds. The monoisotopic (exact) mass is 339 g/mol. The first-order chi connectivity index (χ1) is 9.60. The molecule has 20 heavy (non-hydrogen) atoms. The van der Waals surface area contributed by atoms with Crippen molar-refractivity contribution >= 4 is 21.9 Å². The maximum Gasteiger partial charge on any atom is 0.360 e. The minimum absolute atomic E-state index is 0.0870. The van der Waals surface area contributed by atoms with Crippen molar-refractivity contribution in [2.45, 2.75) is 6.61 Å². The van der Waals surface area contributed by atoms with E-state index in [1.165, 1.54) is 19.2 Å². The lowest BCUT2D eigenvalue weighted by Crippen LogP contribution is -2.08. The van der Waals surface area contributed by atoms with Gasteiger partial charge in [0.2, 0.25) is 0 Å². The number of benzene rings is 1. The topological polar surface area (TPSA) is 48.4 Å². The van der Waals surface area contributed by atoms with Crippen LogP contribution in [0.2, 0.25) is 0 Å². The van der Waals surface area contributed by atoms with Crippen LogP contribution in [0.4, 0.5) is 4.39 Å². The Morgan fingerprint density at radius 3 is 2.60 bits per heavy atom. The zero-order chi connectivity index (χ0) is 14.5. The Labute approximate surface area is 123 Å². The smallest absolute Gasteiger partial charge is 0.360 e. The van der Waals surface area contributed by atoms with Crippen molar-refractivity contribution in [1.29, 1.82) is 0 Å². The van der Waals surface area contributed by atoms with Gasteiger partial charge in [-0.05, 0) is 45.8 Å². The van der Waals surface area contributed by atoms with Gasteiger partial charge in [-0.3, -0.25) is 0 Å². The molecule has 0 aliphatic heterocycles. The van der Waals surface area contributed by atoms with E-state index < -0.39 is 5.97 Å². The molecule has 6 heteroatoms. The number of hydrogen-bond donors (Lipinski definition) is 0. The van der Waals surface area contributed by atoms with Gasteiger partial charge in [-0.2, -0.15) is 0 Å². The second-order valence-electron chi connectivity index (χ2n) is 3.89. The number of rotatable bonds is 4. The molecule has 0 aliphatic rings. The van der Waals surface area contributed by atoms with Gasteiger partial charge >= 0.3 is 5.97 Å². The summed E-state index contributed by atoms with van der Waals surface area (Å²) in [5.41, 5.74) is 0.870. The van der Waals surface area contributed by atoms with E-state index in [1.807, 2.05) is 0 Å². The third-order valence-electron chi connectivity index (χ3n) is 2.51. The summed E-state index contributed by atoms with van der Waals surface area (Å²) in [6.07, 6.45) is 0. The zero-order valence-electron chi connectivity index (χ0n) is 10.6. The number of carbonyl (C=O) groups is 1. The van der Waals surface area contributed by atoms with E-state index in [1.54, 1.807) is 24.3 Å². The van der Waals surface area contributed by atoms with Crippen molar-refractivity contribution in [2.24, 2.45) is 0 Å². The molecule has 2 rings (SSSR count). The van der Waals surface area contributed by atoms with E-state index in [0.29, 0.717) is 10.4 Å². The standard InChI is InChI=1S/C14H11BrFNO3/c1-19-14(18)13-11(6-7-12(15)17-13)20-8-9-2-4-10(16)5-3-9/h2-7H,8H2,1H3. The summed E-state index contributed by atoms with van der Waals surface area (Å²) in [5, 5.41) is 0. The van der Waals surface area contributed by atoms with Crippen LogP contribution in [0.1, 0.15) is 16.1 Å². The Bertz CT molecular complexity index is 616. The molecular weight excluding hydrogens is 329 g/mol. The Balaban J connectivity index is 2.16. The third-order valence-corrected chi connectivity index (χ3v) is 2.95. The number of aromatic nitrogens is 1. The fourth-order valence-corrected chi connectivity index (χ4v) is 1.83. The predicted octanol–water partition coefficient (Wildman–Crippen LogP) is 3.35. The van der Waals surface area contributed by atoms with E-state index in [-0.39, 0.29) is 18.1 Å². The predicted molar refractivity (Wildman–Crippen MR) is 74.0 cm³/mol. The molecule has 2 aromatic rings. The van der Waals surface area contributed by atoms with E-state index in [9.17, 15) is 9.18 Å². The van der Waals surface area contributed by atoms with Crippen LogP contribution in [0.25, 0.3) is 0 Å². The molecule has 104 valence electrons. The lowest BCUT2D eigenvalue weighted by Gasteiger charge is -2.10. The summed E-state index contributed by atoms with van der Waals surface area (Å²) >= 11 is 3.18. The lowest BCUT2D eigenvalue weighted by molar-refractivity contribution is 0.0588. The molecule has 0 unspecified atom stereocenters. The number of nitrogens with zero attached hydrogens (tertiary/aromatic N) is 1.